The fourth-order valence-corrected chi connectivity index (χ4v) is 4.69. The van der Waals surface area contributed by atoms with E-state index >= 15 is 0 Å². The summed E-state index contributed by atoms with van der Waals surface area (Å²) in [6.07, 6.45) is 2.35. The first-order chi connectivity index (χ1) is 13.0. The molecule has 1 saturated heterocycles. The summed E-state index contributed by atoms with van der Waals surface area (Å²) >= 11 is 7.38. The maximum absolute atomic E-state index is 13.0. The molecule has 2 aliphatic rings. The highest BCUT2D eigenvalue weighted by Gasteiger charge is 2.50. The fraction of sp³-hybridized carbons (Fsp3) is 0.350. The smallest absolute Gasteiger partial charge is 0.353 e. The Labute approximate surface area is 165 Å². The van der Waals surface area contributed by atoms with Crippen LogP contribution >= 0.6 is 22.9 Å². The van der Waals surface area contributed by atoms with Crippen LogP contribution in [0.3, 0.4) is 0 Å². The van der Waals surface area contributed by atoms with Gasteiger partial charge in [-0.05, 0) is 54.8 Å². The molecule has 2 amide bonds. The van der Waals surface area contributed by atoms with Gasteiger partial charge in [0.1, 0.15) is 4.88 Å². The number of anilines is 1. The number of halogens is 1. The quantitative estimate of drug-likeness (QED) is 0.428. The Balaban J connectivity index is 1.69. The van der Waals surface area contributed by atoms with E-state index in [9.17, 15) is 14.4 Å². The molecule has 2 fully saturated rings. The first-order valence-electron chi connectivity index (χ1n) is 8.88. The van der Waals surface area contributed by atoms with Crippen LogP contribution in [0, 0.1) is 17.8 Å². The number of hydrogen-bond donors (Lipinski definition) is 0. The van der Waals surface area contributed by atoms with Gasteiger partial charge in [0, 0.05) is 5.02 Å². The van der Waals surface area contributed by atoms with Gasteiger partial charge in [0.2, 0.25) is 11.8 Å². The molecule has 0 N–H and O–H groups in total. The van der Waals surface area contributed by atoms with Crippen molar-refractivity contribution in [2.45, 2.75) is 26.2 Å². The van der Waals surface area contributed by atoms with Gasteiger partial charge in [0.25, 0.3) is 0 Å². The monoisotopic (exact) mass is 403 g/mol. The van der Waals surface area contributed by atoms with Crippen molar-refractivity contribution in [2.24, 2.45) is 17.8 Å². The number of benzene rings is 1. The number of carbonyl (C=O) groups is 3. The molecule has 140 valence electrons. The first kappa shape index (κ1) is 18.2. The molecule has 1 saturated carbocycles. The predicted octanol–water partition coefficient (Wildman–Crippen LogP) is 4.55. The number of rotatable bonds is 3. The van der Waals surface area contributed by atoms with Gasteiger partial charge in [0.05, 0.1) is 17.5 Å². The van der Waals surface area contributed by atoms with E-state index in [0.29, 0.717) is 28.7 Å². The van der Waals surface area contributed by atoms with Crippen molar-refractivity contribution in [3.05, 3.63) is 45.6 Å². The molecule has 0 unspecified atom stereocenters. The Morgan fingerprint density at radius 2 is 1.96 bits per heavy atom. The van der Waals surface area contributed by atoms with Crippen LogP contribution in [0.4, 0.5) is 5.69 Å². The minimum absolute atomic E-state index is 0.159. The summed E-state index contributed by atoms with van der Waals surface area (Å²) in [7, 11) is 0. The van der Waals surface area contributed by atoms with E-state index in [2.05, 4.69) is 6.92 Å². The van der Waals surface area contributed by atoms with Crippen LogP contribution in [-0.2, 0) is 9.59 Å². The normalized spacial score (nSPS) is 24.8. The minimum atomic E-state index is -0.529. The van der Waals surface area contributed by atoms with Gasteiger partial charge in [-0.1, -0.05) is 24.6 Å². The Morgan fingerprint density at radius 3 is 2.70 bits per heavy atom. The van der Waals surface area contributed by atoms with Crippen LogP contribution in [0.15, 0.2) is 35.7 Å². The Bertz CT molecular complexity index is 911. The van der Waals surface area contributed by atoms with Crippen molar-refractivity contribution in [1.29, 1.82) is 0 Å². The summed E-state index contributed by atoms with van der Waals surface area (Å²) in [5, 5.41) is 2.14. The number of amides is 2. The summed E-state index contributed by atoms with van der Waals surface area (Å²) in [6.45, 7) is 2.10. The molecule has 27 heavy (non-hydrogen) atoms. The highest BCUT2D eigenvalue weighted by Crippen LogP contribution is 2.44. The van der Waals surface area contributed by atoms with Crippen LogP contribution in [0.2, 0.25) is 5.02 Å². The van der Waals surface area contributed by atoms with Crippen molar-refractivity contribution in [1.82, 2.24) is 0 Å². The van der Waals surface area contributed by atoms with Gasteiger partial charge in [-0.2, -0.15) is 0 Å². The van der Waals surface area contributed by atoms with E-state index in [1.54, 1.807) is 23.6 Å². The number of nitrogens with zero attached hydrogens (tertiary/aromatic N) is 1. The van der Waals surface area contributed by atoms with Crippen LogP contribution in [0.25, 0.3) is 0 Å². The topological polar surface area (TPSA) is 63.7 Å². The number of fused-ring (bicyclic) bond motifs is 1. The molecule has 0 bridgehead atoms. The summed E-state index contributed by atoms with van der Waals surface area (Å²) < 4.78 is 5.50. The van der Waals surface area contributed by atoms with Gasteiger partial charge in [-0.15, -0.1) is 11.3 Å². The Kier molecular flexibility index (Phi) is 4.78. The van der Waals surface area contributed by atoms with Gasteiger partial charge >= 0.3 is 5.97 Å². The van der Waals surface area contributed by atoms with E-state index < -0.39 is 5.97 Å². The lowest BCUT2D eigenvalue weighted by Gasteiger charge is -2.25. The summed E-state index contributed by atoms with van der Waals surface area (Å²) in [5.41, 5.74) is 0.240. The van der Waals surface area contributed by atoms with Crippen molar-refractivity contribution < 1.29 is 19.1 Å². The van der Waals surface area contributed by atoms with Crippen LogP contribution in [-0.4, -0.2) is 17.8 Å². The maximum Gasteiger partial charge on any atom is 0.353 e. The van der Waals surface area contributed by atoms with Crippen LogP contribution in [0.5, 0.6) is 5.75 Å². The molecule has 5 nitrogen and oxygen atoms in total. The van der Waals surface area contributed by atoms with Gasteiger partial charge in [0.15, 0.2) is 5.75 Å². The average Bonchev–Trinajstić information content (AvgIpc) is 3.25. The molecular weight excluding hydrogens is 386 g/mol. The predicted molar refractivity (Wildman–Crippen MR) is 103 cm³/mol. The van der Waals surface area contributed by atoms with E-state index in [1.165, 1.54) is 23.5 Å². The zero-order chi connectivity index (χ0) is 19.1. The van der Waals surface area contributed by atoms with Crippen LogP contribution in [0.1, 0.15) is 35.9 Å². The third kappa shape index (κ3) is 3.28. The highest BCUT2D eigenvalue weighted by atomic mass is 35.5. The van der Waals surface area contributed by atoms with Crippen molar-refractivity contribution in [3.63, 3.8) is 0 Å². The Morgan fingerprint density at radius 1 is 1.19 bits per heavy atom. The van der Waals surface area contributed by atoms with E-state index in [4.69, 9.17) is 16.3 Å². The molecule has 3 atom stereocenters. The molecule has 4 rings (SSSR count). The SMILES string of the molecule is C[C@@H]1CC[C@@H]2C(=O)N(c3cc(Cl)ccc3OC(=O)c3cccs3)C(=O)[C@@H]2C1. The second kappa shape index (κ2) is 7.09. The molecule has 2 aromatic rings. The number of esters is 1. The summed E-state index contributed by atoms with van der Waals surface area (Å²) in [5.74, 6) is -1.02. The number of thiophene rings is 1. The zero-order valence-electron chi connectivity index (χ0n) is 14.7. The van der Waals surface area contributed by atoms with Crippen molar-refractivity contribution >= 4 is 46.4 Å². The average molecular weight is 404 g/mol. The van der Waals surface area contributed by atoms with Gasteiger partial charge < -0.3 is 4.74 Å². The molecule has 2 heterocycles. The second-order valence-electron chi connectivity index (χ2n) is 7.12. The lowest BCUT2D eigenvalue weighted by molar-refractivity contribution is -0.122. The second-order valence-corrected chi connectivity index (χ2v) is 8.51. The lowest BCUT2D eigenvalue weighted by atomic mass is 9.76. The van der Waals surface area contributed by atoms with Gasteiger partial charge in [-0.25, -0.2) is 9.69 Å². The zero-order valence-corrected chi connectivity index (χ0v) is 16.3. The highest BCUT2D eigenvalue weighted by molar-refractivity contribution is 7.12. The molecule has 1 aromatic heterocycles. The third-order valence-electron chi connectivity index (χ3n) is 5.27. The fourth-order valence-electron chi connectivity index (χ4n) is 3.92. The number of ether oxygens (including phenoxy) is 1. The molecule has 1 aliphatic heterocycles. The van der Waals surface area contributed by atoms with Crippen molar-refractivity contribution in [2.75, 3.05) is 4.90 Å². The minimum Gasteiger partial charge on any atom is -0.420 e. The number of imide groups is 1. The molecule has 7 heteroatoms. The molecular formula is C20H18ClNO4S. The largest absolute Gasteiger partial charge is 0.420 e. The van der Waals surface area contributed by atoms with E-state index in [0.717, 1.165) is 11.3 Å². The van der Waals surface area contributed by atoms with Crippen LogP contribution < -0.4 is 9.64 Å². The van der Waals surface area contributed by atoms with E-state index in [-0.39, 0.29) is 35.1 Å². The molecule has 1 aromatic carbocycles. The first-order valence-corrected chi connectivity index (χ1v) is 10.1. The molecule has 0 radical (unpaired) electrons. The lowest BCUT2D eigenvalue weighted by Crippen LogP contribution is -2.31. The maximum atomic E-state index is 13.0. The summed E-state index contributed by atoms with van der Waals surface area (Å²) in [4.78, 5) is 39.9. The van der Waals surface area contributed by atoms with Gasteiger partial charge in [-0.3, -0.25) is 9.59 Å². The Hall–Kier alpha value is -2.18. The van der Waals surface area contributed by atoms with E-state index in [1.807, 2.05) is 0 Å². The molecule has 0 spiro atoms. The molecule has 1 aliphatic carbocycles. The third-order valence-corrected chi connectivity index (χ3v) is 6.36. The number of hydrogen-bond acceptors (Lipinski definition) is 5. The standard InChI is InChI=1S/C20H18ClNO4S/c1-11-4-6-13-14(9-11)19(24)22(18(13)23)15-10-12(21)5-7-16(15)26-20(25)17-3-2-8-27-17/h2-3,5,7-8,10-11,13-14H,4,6,9H2,1H3/t11-,13+,14-/m1/s1. The van der Waals surface area contributed by atoms with Crippen molar-refractivity contribution in [3.8, 4) is 5.75 Å². The summed E-state index contributed by atoms with van der Waals surface area (Å²) in [6, 6.07) is 8.01. The number of carbonyl (C=O) groups excluding carboxylic acids is 3.